The number of nitrogens with zero attached hydrogens (tertiary/aromatic N) is 6. The maximum Gasteiger partial charge on any atom is 0.0992 e. The molecule has 8 aromatic rings. The third-order valence-electron chi connectivity index (χ3n) is 8.33. The molecule has 46 heavy (non-hydrogen) atoms. The van der Waals surface area contributed by atoms with Gasteiger partial charge >= 0.3 is 0 Å². The van der Waals surface area contributed by atoms with Crippen molar-refractivity contribution in [3.63, 3.8) is 0 Å². The largest absolute Gasteiger partial charge is 0.255 e. The van der Waals surface area contributed by atoms with Crippen molar-refractivity contribution in [1.82, 2.24) is 19.9 Å². The van der Waals surface area contributed by atoms with E-state index < -0.39 is 0 Å². The molecule has 6 nitrogen and oxygen atoms in total. The highest BCUT2D eigenvalue weighted by molar-refractivity contribution is 6.26. The van der Waals surface area contributed by atoms with Crippen molar-refractivity contribution in [2.45, 2.75) is 0 Å². The Bertz CT molecular complexity index is 2360. The van der Waals surface area contributed by atoms with Crippen LogP contribution in [0.5, 0.6) is 0 Å². The van der Waals surface area contributed by atoms with E-state index in [1.54, 1.807) is 36.7 Å². The molecule has 0 saturated heterocycles. The second-order valence-corrected chi connectivity index (χ2v) is 11.0. The molecule has 0 N–H and O–H groups in total. The van der Waals surface area contributed by atoms with E-state index in [1.807, 2.05) is 36.7 Å². The van der Waals surface area contributed by atoms with Gasteiger partial charge in [-0.25, -0.2) is 0 Å². The van der Waals surface area contributed by atoms with Gasteiger partial charge in [0.2, 0.25) is 0 Å². The Kier molecular flexibility index (Phi) is 6.45. The molecular formula is C40H22N6. The number of fused-ring (bicyclic) bond motifs is 6. The Morgan fingerprint density at radius 2 is 0.804 bits per heavy atom. The molecule has 0 atom stereocenters. The number of benzene rings is 4. The molecule has 0 bridgehead atoms. The third kappa shape index (κ3) is 4.68. The summed E-state index contributed by atoms with van der Waals surface area (Å²) in [6.45, 7) is 0. The number of nitriles is 2. The molecule has 0 fully saturated rings. The smallest absolute Gasteiger partial charge is 0.0992 e. The lowest BCUT2D eigenvalue weighted by atomic mass is 9.90. The third-order valence-corrected chi connectivity index (χ3v) is 8.33. The first-order chi connectivity index (χ1) is 22.7. The van der Waals surface area contributed by atoms with E-state index in [2.05, 4.69) is 92.7 Å². The lowest BCUT2D eigenvalue weighted by Crippen LogP contribution is -1.90. The van der Waals surface area contributed by atoms with Crippen LogP contribution in [0.1, 0.15) is 11.1 Å². The van der Waals surface area contributed by atoms with Crippen LogP contribution in [-0.2, 0) is 0 Å². The standard InChI is InChI=1S/C40H22N6/c41-21-25-13-15-43-39(17-25)37-11-7-29(23-45-37)27-5-9-33-31-3-1-2-4-32(31)34-10-6-28(20-36(34)35(33)19-27)30-8-12-38(46-24-30)40-18-26(22-42)14-16-44-40/h1-20,23-24H. The van der Waals surface area contributed by atoms with Gasteiger partial charge in [-0.05, 0) is 92.0 Å². The van der Waals surface area contributed by atoms with Crippen LogP contribution in [0.2, 0.25) is 0 Å². The minimum absolute atomic E-state index is 0.554. The first-order valence-electron chi connectivity index (χ1n) is 14.7. The molecule has 0 aliphatic rings. The zero-order valence-electron chi connectivity index (χ0n) is 24.4. The highest BCUT2D eigenvalue weighted by Gasteiger charge is 2.13. The van der Waals surface area contributed by atoms with Gasteiger partial charge in [-0.1, -0.05) is 60.7 Å². The van der Waals surface area contributed by atoms with Crippen molar-refractivity contribution < 1.29 is 0 Å². The summed E-state index contributed by atoms with van der Waals surface area (Å²) in [7, 11) is 0. The van der Waals surface area contributed by atoms with E-state index in [0.29, 0.717) is 22.5 Å². The summed E-state index contributed by atoms with van der Waals surface area (Å²) in [6.07, 6.45) is 6.99. The Morgan fingerprint density at radius 1 is 0.370 bits per heavy atom. The molecule has 212 valence electrons. The lowest BCUT2D eigenvalue weighted by Gasteiger charge is -2.14. The van der Waals surface area contributed by atoms with Crippen molar-refractivity contribution in [3.05, 3.63) is 145 Å². The molecule has 0 spiro atoms. The Balaban J connectivity index is 1.24. The van der Waals surface area contributed by atoms with E-state index in [-0.39, 0.29) is 0 Å². The van der Waals surface area contributed by atoms with Crippen LogP contribution in [0, 0.1) is 22.7 Å². The van der Waals surface area contributed by atoms with E-state index in [4.69, 9.17) is 0 Å². The summed E-state index contributed by atoms with van der Waals surface area (Å²) in [6, 6.07) is 40.9. The zero-order valence-corrected chi connectivity index (χ0v) is 24.4. The molecule has 0 aliphatic carbocycles. The second-order valence-electron chi connectivity index (χ2n) is 11.0. The van der Waals surface area contributed by atoms with E-state index >= 15 is 0 Å². The van der Waals surface area contributed by atoms with Crippen molar-refractivity contribution in [2.24, 2.45) is 0 Å². The molecule has 0 unspecified atom stereocenters. The monoisotopic (exact) mass is 586 g/mol. The summed E-state index contributed by atoms with van der Waals surface area (Å²) < 4.78 is 0. The summed E-state index contributed by atoms with van der Waals surface area (Å²) in [5.74, 6) is 0. The van der Waals surface area contributed by atoms with Gasteiger partial charge in [-0.15, -0.1) is 0 Å². The first-order valence-corrected chi connectivity index (χ1v) is 14.7. The van der Waals surface area contributed by atoms with Crippen LogP contribution < -0.4 is 0 Å². The van der Waals surface area contributed by atoms with Gasteiger partial charge in [0.25, 0.3) is 0 Å². The molecule has 0 amide bonds. The molecule has 0 saturated carbocycles. The molecule has 4 aromatic heterocycles. The normalized spacial score (nSPS) is 11.0. The summed E-state index contributed by atoms with van der Waals surface area (Å²) in [5, 5.41) is 25.6. The SMILES string of the molecule is N#Cc1ccnc(-c2ccc(-c3ccc4c5ccccc5c5ccc(-c6ccc(-c7cc(C#N)ccn7)nc6)cc5c4c3)cn2)c1. The Labute approximate surface area is 264 Å². The number of pyridine rings is 4. The predicted octanol–water partition coefficient (Wildman–Crippen LogP) is 9.14. The van der Waals surface area contributed by atoms with Crippen LogP contribution in [0.4, 0.5) is 0 Å². The van der Waals surface area contributed by atoms with Crippen LogP contribution in [-0.4, -0.2) is 19.9 Å². The van der Waals surface area contributed by atoms with Crippen molar-refractivity contribution in [1.29, 1.82) is 10.5 Å². The fourth-order valence-electron chi connectivity index (χ4n) is 6.03. The molecule has 6 heteroatoms. The highest BCUT2D eigenvalue weighted by atomic mass is 14.8. The maximum atomic E-state index is 9.27. The molecule has 8 rings (SSSR count). The van der Waals surface area contributed by atoms with Crippen LogP contribution in [0.25, 0.3) is 77.3 Å². The fourth-order valence-corrected chi connectivity index (χ4v) is 6.03. The number of hydrogen-bond acceptors (Lipinski definition) is 6. The van der Waals surface area contributed by atoms with Crippen LogP contribution >= 0.6 is 0 Å². The van der Waals surface area contributed by atoms with E-state index in [1.165, 1.54) is 21.5 Å². The minimum Gasteiger partial charge on any atom is -0.255 e. The molecule has 4 aromatic carbocycles. The summed E-state index contributed by atoms with van der Waals surface area (Å²) in [5.41, 5.74) is 7.99. The Hall–Kier alpha value is -6.76. The van der Waals surface area contributed by atoms with E-state index in [9.17, 15) is 10.5 Å². The quantitative estimate of drug-likeness (QED) is 0.191. The van der Waals surface area contributed by atoms with Gasteiger partial charge in [0, 0.05) is 35.9 Å². The second kappa shape index (κ2) is 11.1. The average Bonchev–Trinajstić information content (AvgIpc) is 3.14. The van der Waals surface area contributed by atoms with Crippen molar-refractivity contribution in [3.8, 4) is 57.2 Å². The van der Waals surface area contributed by atoms with Crippen LogP contribution in [0.15, 0.2) is 134 Å². The highest BCUT2D eigenvalue weighted by Crippen LogP contribution is 2.39. The van der Waals surface area contributed by atoms with Gasteiger partial charge in [-0.2, -0.15) is 10.5 Å². The van der Waals surface area contributed by atoms with Crippen molar-refractivity contribution in [2.75, 3.05) is 0 Å². The topological polar surface area (TPSA) is 99.1 Å². The van der Waals surface area contributed by atoms with Gasteiger partial charge in [0.15, 0.2) is 0 Å². The average molecular weight is 587 g/mol. The molecular weight excluding hydrogens is 564 g/mol. The van der Waals surface area contributed by atoms with Gasteiger partial charge in [0.1, 0.15) is 0 Å². The Morgan fingerprint density at radius 3 is 1.22 bits per heavy atom. The van der Waals surface area contributed by atoms with Gasteiger partial charge < -0.3 is 0 Å². The first kappa shape index (κ1) is 26.8. The predicted molar refractivity (Wildman–Crippen MR) is 181 cm³/mol. The maximum absolute atomic E-state index is 9.27. The fraction of sp³-hybridized carbons (Fsp3) is 0. The minimum atomic E-state index is 0.554. The van der Waals surface area contributed by atoms with Gasteiger partial charge in [0.05, 0.1) is 46.0 Å². The molecule has 0 aliphatic heterocycles. The van der Waals surface area contributed by atoms with Crippen LogP contribution in [0.3, 0.4) is 0 Å². The van der Waals surface area contributed by atoms with E-state index in [0.717, 1.165) is 44.4 Å². The molecule has 0 radical (unpaired) electrons. The zero-order chi connectivity index (χ0) is 31.0. The molecule has 4 heterocycles. The number of rotatable bonds is 4. The van der Waals surface area contributed by atoms with Gasteiger partial charge in [-0.3, -0.25) is 19.9 Å². The summed E-state index contributed by atoms with van der Waals surface area (Å²) >= 11 is 0. The van der Waals surface area contributed by atoms with Crippen molar-refractivity contribution >= 4 is 32.3 Å². The lowest BCUT2D eigenvalue weighted by molar-refractivity contribution is 1.24. The summed E-state index contributed by atoms with van der Waals surface area (Å²) in [4.78, 5) is 18.2. The number of hydrogen-bond donors (Lipinski definition) is 0. The number of aromatic nitrogens is 4.